The molecule has 0 radical (unpaired) electrons. The standard InChI is InChI=1S/C27H34F4N4O4Si/c1-38-15-22(18-7-8-20(21(28)11-18)27(29,30)31)33-26(37)34-14-24(36)35(16-39-9-10-40(2,3)4)23-12-19(17-5-6-17)13-32-25(23)34/h7-8,11-13,17,22H,5-6,9-10,14-16H2,1-4H3,(H,33,37). The molecule has 40 heavy (non-hydrogen) atoms. The van der Waals surface area contributed by atoms with Crippen LogP contribution >= 0.6 is 0 Å². The number of hydrogen-bond acceptors (Lipinski definition) is 5. The highest BCUT2D eigenvalue weighted by atomic mass is 28.3. The summed E-state index contributed by atoms with van der Waals surface area (Å²) in [5.41, 5.74) is 0.0990. The molecule has 1 saturated carbocycles. The number of anilines is 2. The first kappa shape index (κ1) is 29.9. The van der Waals surface area contributed by atoms with Gasteiger partial charge in [-0.1, -0.05) is 25.7 Å². The molecule has 1 N–H and O–H groups in total. The molecule has 2 aliphatic rings. The Morgan fingerprint density at radius 1 is 1.23 bits per heavy atom. The van der Waals surface area contributed by atoms with Crippen molar-refractivity contribution in [1.29, 1.82) is 0 Å². The second-order valence-corrected chi connectivity index (χ2v) is 17.0. The summed E-state index contributed by atoms with van der Waals surface area (Å²) in [7, 11) is 0.0152. The van der Waals surface area contributed by atoms with Gasteiger partial charge in [-0.25, -0.2) is 14.2 Å². The Morgan fingerprint density at radius 2 is 1.95 bits per heavy atom. The van der Waals surface area contributed by atoms with Crippen molar-refractivity contribution in [3.8, 4) is 0 Å². The fourth-order valence-corrected chi connectivity index (χ4v) is 5.13. The first-order valence-electron chi connectivity index (χ1n) is 13.1. The molecule has 2 heterocycles. The first-order chi connectivity index (χ1) is 18.8. The van der Waals surface area contributed by atoms with Crippen LogP contribution in [0.5, 0.6) is 0 Å². The van der Waals surface area contributed by atoms with Crippen LogP contribution in [0.15, 0.2) is 30.5 Å². The van der Waals surface area contributed by atoms with E-state index in [4.69, 9.17) is 9.47 Å². The zero-order valence-corrected chi connectivity index (χ0v) is 24.0. The van der Waals surface area contributed by atoms with Crippen LogP contribution in [0, 0.1) is 5.82 Å². The number of pyridine rings is 1. The smallest absolute Gasteiger partial charge is 0.382 e. The molecule has 1 fully saturated rings. The minimum atomic E-state index is -4.85. The lowest BCUT2D eigenvalue weighted by atomic mass is 10.0. The van der Waals surface area contributed by atoms with E-state index in [1.807, 2.05) is 6.07 Å². The fraction of sp³-hybridized carbons (Fsp3) is 0.519. The molecule has 4 rings (SSSR count). The normalized spacial score (nSPS) is 16.6. The van der Waals surface area contributed by atoms with Gasteiger partial charge in [0.05, 0.1) is 23.9 Å². The second kappa shape index (κ2) is 11.8. The van der Waals surface area contributed by atoms with Crippen LogP contribution < -0.4 is 15.1 Å². The van der Waals surface area contributed by atoms with Gasteiger partial charge in [0.15, 0.2) is 5.82 Å². The molecule has 3 amide bonds. The van der Waals surface area contributed by atoms with Gasteiger partial charge in [-0.2, -0.15) is 13.2 Å². The Hall–Kier alpha value is -3.03. The van der Waals surface area contributed by atoms with Crippen molar-refractivity contribution >= 4 is 31.5 Å². The first-order valence-corrected chi connectivity index (χ1v) is 16.8. The molecule has 0 saturated heterocycles. The molecule has 218 valence electrons. The Labute approximate surface area is 231 Å². The lowest BCUT2D eigenvalue weighted by Crippen LogP contribution is -2.53. The zero-order chi connectivity index (χ0) is 29.2. The van der Waals surface area contributed by atoms with E-state index in [1.165, 1.54) is 16.9 Å². The van der Waals surface area contributed by atoms with Crippen molar-refractivity contribution in [2.45, 2.75) is 56.7 Å². The number of nitrogens with zero attached hydrogens (tertiary/aromatic N) is 3. The van der Waals surface area contributed by atoms with Gasteiger partial charge in [0.25, 0.3) is 0 Å². The van der Waals surface area contributed by atoms with Gasteiger partial charge in [-0.15, -0.1) is 0 Å². The number of rotatable bonds is 10. The van der Waals surface area contributed by atoms with Crippen molar-refractivity contribution < 1.29 is 36.6 Å². The van der Waals surface area contributed by atoms with E-state index >= 15 is 0 Å². The average Bonchev–Trinajstić information content (AvgIpc) is 3.71. The van der Waals surface area contributed by atoms with Gasteiger partial charge >= 0.3 is 12.2 Å². The number of halogens is 4. The number of fused-ring (bicyclic) bond motifs is 1. The Morgan fingerprint density at radius 3 is 2.55 bits per heavy atom. The molecule has 8 nitrogen and oxygen atoms in total. The number of urea groups is 1. The van der Waals surface area contributed by atoms with Crippen molar-refractivity contribution in [3.63, 3.8) is 0 Å². The largest absolute Gasteiger partial charge is 0.419 e. The van der Waals surface area contributed by atoms with E-state index in [2.05, 4.69) is 29.9 Å². The van der Waals surface area contributed by atoms with E-state index in [0.29, 0.717) is 24.3 Å². The van der Waals surface area contributed by atoms with Crippen molar-refractivity contribution in [2.75, 3.05) is 43.4 Å². The van der Waals surface area contributed by atoms with Crippen LogP contribution in [-0.2, 0) is 20.4 Å². The van der Waals surface area contributed by atoms with Crippen molar-refractivity contribution in [2.24, 2.45) is 0 Å². The predicted octanol–water partition coefficient (Wildman–Crippen LogP) is 5.68. The molecule has 1 aromatic heterocycles. The molecule has 1 aliphatic carbocycles. The maximum absolute atomic E-state index is 14.3. The highest BCUT2D eigenvalue weighted by Crippen LogP contribution is 2.43. The summed E-state index contributed by atoms with van der Waals surface area (Å²) in [6.45, 7) is 6.76. The lowest BCUT2D eigenvalue weighted by molar-refractivity contribution is -0.140. The fourth-order valence-electron chi connectivity index (χ4n) is 4.37. The average molecular weight is 583 g/mol. The molecule has 1 aromatic carbocycles. The number of alkyl halides is 3. The summed E-state index contributed by atoms with van der Waals surface area (Å²) in [5.74, 6) is -1.22. The predicted molar refractivity (Wildman–Crippen MR) is 145 cm³/mol. The van der Waals surface area contributed by atoms with E-state index in [0.717, 1.165) is 36.6 Å². The highest BCUT2D eigenvalue weighted by molar-refractivity contribution is 6.76. The lowest BCUT2D eigenvalue weighted by Gasteiger charge is -2.36. The minimum Gasteiger partial charge on any atom is -0.382 e. The van der Waals surface area contributed by atoms with Gasteiger partial charge in [0.2, 0.25) is 5.91 Å². The molecule has 1 atom stereocenters. The third-order valence-electron chi connectivity index (χ3n) is 6.85. The van der Waals surface area contributed by atoms with Gasteiger partial charge < -0.3 is 14.8 Å². The molecule has 1 aliphatic heterocycles. The third-order valence-corrected chi connectivity index (χ3v) is 8.56. The summed E-state index contributed by atoms with van der Waals surface area (Å²) in [6.07, 6.45) is -1.12. The van der Waals surface area contributed by atoms with Crippen molar-refractivity contribution in [3.05, 3.63) is 53.0 Å². The summed E-state index contributed by atoms with van der Waals surface area (Å²) in [4.78, 5) is 33.9. The van der Waals surface area contributed by atoms with Crippen LogP contribution in [0.3, 0.4) is 0 Å². The number of amides is 3. The number of hydrogen-bond donors (Lipinski definition) is 1. The Bertz CT molecular complexity index is 1250. The summed E-state index contributed by atoms with van der Waals surface area (Å²) in [6, 6.07) is 3.52. The molecule has 2 aromatic rings. The third kappa shape index (κ3) is 7.18. The van der Waals surface area contributed by atoms with Crippen LogP contribution in [0.2, 0.25) is 25.7 Å². The maximum Gasteiger partial charge on any atom is 0.419 e. The van der Waals surface area contributed by atoms with E-state index in [1.54, 1.807) is 6.20 Å². The number of methoxy groups -OCH3 is 1. The number of aromatic nitrogens is 1. The SMILES string of the molecule is COCC(NC(=O)N1CC(=O)N(COCC[Si](C)(C)C)c2cc(C3CC3)cnc21)c1ccc(C(F)(F)F)c(F)c1. The van der Waals surface area contributed by atoms with Gasteiger partial charge in [-0.05, 0) is 54.1 Å². The second-order valence-electron chi connectivity index (χ2n) is 11.3. The minimum absolute atomic E-state index is 0.0265. The van der Waals surface area contributed by atoms with Crippen LogP contribution in [0.1, 0.15) is 41.5 Å². The van der Waals surface area contributed by atoms with Gasteiger partial charge in [0, 0.05) is 28.0 Å². The molecule has 0 bridgehead atoms. The Kier molecular flexibility index (Phi) is 8.85. The number of carbonyl (C=O) groups excluding carboxylic acids is 2. The quantitative estimate of drug-likeness (QED) is 0.221. The van der Waals surface area contributed by atoms with E-state index < -0.39 is 37.7 Å². The molecular weight excluding hydrogens is 548 g/mol. The van der Waals surface area contributed by atoms with E-state index in [-0.39, 0.29) is 37.2 Å². The monoisotopic (exact) mass is 582 g/mol. The maximum atomic E-state index is 14.3. The molecule has 0 spiro atoms. The number of benzene rings is 1. The topological polar surface area (TPSA) is 84.0 Å². The number of ether oxygens (including phenoxy) is 2. The van der Waals surface area contributed by atoms with Crippen LogP contribution in [0.4, 0.5) is 33.9 Å². The summed E-state index contributed by atoms with van der Waals surface area (Å²) >= 11 is 0. The van der Waals surface area contributed by atoms with Crippen LogP contribution in [0.25, 0.3) is 0 Å². The number of nitrogens with one attached hydrogen (secondary N) is 1. The molecule has 1 unspecified atom stereocenters. The van der Waals surface area contributed by atoms with E-state index in [9.17, 15) is 27.2 Å². The Balaban J connectivity index is 1.57. The van der Waals surface area contributed by atoms with Crippen molar-refractivity contribution in [1.82, 2.24) is 10.3 Å². The summed E-state index contributed by atoms with van der Waals surface area (Å²) < 4.78 is 64.4. The van der Waals surface area contributed by atoms with Gasteiger partial charge in [0.1, 0.15) is 19.1 Å². The van der Waals surface area contributed by atoms with Crippen LogP contribution in [-0.4, -0.2) is 58.6 Å². The molecule has 13 heteroatoms. The molecular formula is C27H34F4N4O4Si. The summed E-state index contributed by atoms with van der Waals surface area (Å²) in [5, 5.41) is 2.66. The highest BCUT2D eigenvalue weighted by Gasteiger charge is 2.37. The zero-order valence-electron chi connectivity index (χ0n) is 23.0. The van der Waals surface area contributed by atoms with Gasteiger partial charge in [-0.3, -0.25) is 14.6 Å². The number of carbonyl (C=O) groups is 2.